The SMILES string of the molecule is CC(=O)N1CCC(=O)c2ccccc21. The van der Waals surface area contributed by atoms with E-state index in [1.54, 1.807) is 11.0 Å². The summed E-state index contributed by atoms with van der Waals surface area (Å²) < 4.78 is 0. The Labute approximate surface area is 82.3 Å². The molecule has 3 heteroatoms. The molecule has 0 radical (unpaired) electrons. The summed E-state index contributed by atoms with van der Waals surface area (Å²) in [5, 5.41) is 0. The van der Waals surface area contributed by atoms with Crippen molar-refractivity contribution in [1.29, 1.82) is 0 Å². The first-order chi connectivity index (χ1) is 6.70. The van der Waals surface area contributed by atoms with Gasteiger partial charge in [-0.25, -0.2) is 0 Å². The molecule has 1 aromatic carbocycles. The van der Waals surface area contributed by atoms with Crippen LogP contribution in [0.4, 0.5) is 5.69 Å². The average molecular weight is 189 g/mol. The molecular formula is C11H11NO2. The molecule has 1 amide bonds. The summed E-state index contributed by atoms with van der Waals surface area (Å²) in [6, 6.07) is 7.24. The highest BCUT2D eigenvalue weighted by Gasteiger charge is 2.24. The van der Waals surface area contributed by atoms with Crippen LogP contribution in [0.25, 0.3) is 0 Å². The quantitative estimate of drug-likeness (QED) is 0.622. The average Bonchev–Trinajstić information content (AvgIpc) is 2.18. The maximum absolute atomic E-state index is 11.5. The summed E-state index contributed by atoms with van der Waals surface area (Å²) in [5.74, 6) is 0.114. The van der Waals surface area contributed by atoms with Gasteiger partial charge in [0.15, 0.2) is 5.78 Å². The van der Waals surface area contributed by atoms with Crippen molar-refractivity contribution < 1.29 is 9.59 Å². The molecular weight excluding hydrogens is 178 g/mol. The second kappa shape index (κ2) is 3.25. The number of nitrogens with zero attached hydrogens (tertiary/aromatic N) is 1. The summed E-state index contributed by atoms with van der Waals surface area (Å²) in [6.07, 6.45) is 0.427. The first-order valence-electron chi connectivity index (χ1n) is 4.60. The van der Waals surface area contributed by atoms with Crippen LogP contribution in [-0.2, 0) is 4.79 Å². The fraction of sp³-hybridized carbons (Fsp3) is 0.273. The van der Waals surface area contributed by atoms with E-state index in [-0.39, 0.29) is 11.7 Å². The number of fused-ring (bicyclic) bond motifs is 1. The van der Waals surface area contributed by atoms with E-state index in [0.717, 1.165) is 5.69 Å². The number of anilines is 1. The molecule has 72 valence electrons. The maximum Gasteiger partial charge on any atom is 0.223 e. The highest BCUT2D eigenvalue weighted by atomic mass is 16.2. The summed E-state index contributed by atoms with van der Waals surface area (Å²) >= 11 is 0. The summed E-state index contributed by atoms with van der Waals surface area (Å²) in [4.78, 5) is 24.4. The second-order valence-electron chi connectivity index (χ2n) is 3.36. The molecule has 0 atom stereocenters. The lowest BCUT2D eigenvalue weighted by molar-refractivity contribution is -0.116. The number of hydrogen-bond acceptors (Lipinski definition) is 2. The van der Waals surface area contributed by atoms with E-state index >= 15 is 0 Å². The van der Waals surface area contributed by atoms with Gasteiger partial charge in [-0.15, -0.1) is 0 Å². The van der Waals surface area contributed by atoms with E-state index in [1.165, 1.54) is 6.92 Å². The summed E-state index contributed by atoms with van der Waals surface area (Å²) in [7, 11) is 0. The number of benzene rings is 1. The number of para-hydroxylation sites is 1. The molecule has 0 fully saturated rings. The third-order valence-corrected chi connectivity index (χ3v) is 2.44. The van der Waals surface area contributed by atoms with Crippen molar-refractivity contribution in [1.82, 2.24) is 0 Å². The molecule has 0 saturated carbocycles. The van der Waals surface area contributed by atoms with E-state index in [4.69, 9.17) is 0 Å². The van der Waals surface area contributed by atoms with E-state index in [0.29, 0.717) is 18.5 Å². The minimum Gasteiger partial charge on any atom is -0.311 e. The lowest BCUT2D eigenvalue weighted by Gasteiger charge is -2.27. The van der Waals surface area contributed by atoms with Crippen LogP contribution >= 0.6 is 0 Å². The molecule has 0 N–H and O–H groups in total. The number of hydrogen-bond donors (Lipinski definition) is 0. The van der Waals surface area contributed by atoms with E-state index in [1.807, 2.05) is 18.2 Å². The Balaban J connectivity index is 2.52. The zero-order chi connectivity index (χ0) is 10.1. The molecule has 2 rings (SSSR count). The molecule has 0 aliphatic carbocycles. The highest BCUT2D eigenvalue weighted by molar-refractivity contribution is 6.08. The first kappa shape index (κ1) is 8.94. The minimum absolute atomic E-state index is 0.00931. The molecule has 1 aliphatic heterocycles. The number of carbonyl (C=O) groups is 2. The van der Waals surface area contributed by atoms with Crippen LogP contribution in [0.15, 0.2) is 24.3 Å². The van der Waals surface area contributed by atoms with E-state index in [2.05, 4.69) is 0 Å². The van der Waals surface area contributed by atoms with Crippen LogP contribution in [-0.4, -0.2) is 18.2 Å². The number of ketones is 1. The first-order valence-corrected chi connectivity index (χ1v) is 4.60. The van der Waals surface area contributed by atoms with Crippen LogP contribution in [0.3, 0.4) is 0 Å². The smallest absolute Gasteiger partial charge is 0.223 e. The molecule has 3 nitrogen and oxygen atoms in total. The Hall–Kier alpha value is -1.64. The van der Waals surface area contributed by atoms with Gasteiger partial charge in [0.2, 0.25) is 5.91 Å². The number of amides is 1. The van der Waals surface area contributed by atoms with Crippen LogP contribution in [0.5, 0.6) is 0 Å². The molecule has 0 spiro atoms. The normalized spacial score (nSPS) is 15.2. The van der Waals surface area contributed by atoms with Crippen molar-refractivity contribution in [3.8, 4) is 0 Å². The zero-order valence-electron chi connectivity index (χ0n) is 7.99. The van der Waals surface area contributed by atoms with Crippen molar-refractivity contribution in [2.75, 3.05) is 11.4 Å². The molecule has 1 aliphatic rings. The number of Topliss-reactive ketones (excluding diaryl/α,β-unsaturated/α-hetero) is 1. The molecule has 1 aromatic rings. The molecule has 0 aromatic heterocycles. The van der Waals surface area contributed by atoms with Gasteiger partial charge in [-0.1, -0.05) is 12.1 Å². The van der Waals surface area contributed by atoms with Crippen LogP contribution in [0.2, 0.25) is 0 Å². The highest BCUT2D eigenvalue weighted by Crippen LogP contribution is 2.26. The van der Waals surface area contributed by atoms with Crippen molar-refractivity contribution >= 4 is 17.4 Å². The monoisotopic (exact) mass is 189 g/mol. The number of rotatable bonds is 0. The summed E-state index contributed by atoms with van der Waals surface area (Å²) in [5.41, 5.74) is 1.41. The number of carbonyl (C=O) groups excluding carboxylic acids is 2. The molecule has 0 saturated heterocycles. The molecule has 0 unspecified atom stereocenters. The third kappa shape index (κ3) is 1.31. The standard InChI is InChI=1S/C11H11NO2/c1-8(13)12-7-6-11(14)9-4-2-3-5-10(9)12/h2-5H,6-7H2,1H3. The second-order valence-corrected chi connectivity index (χ2v) is 3.36. The Bertz CT molecular complexity index is 398. The maximum atomic E-state index is 11.5. The topological polar surface area (TPSA) is 37.4 Å². The van der Waals surface area contributed by atoms with Gasteiger partial charge in [0, 0.05) is 25.5 Å². The van der Waals surface area contributed by atoms with Crippen molar-refractivity contribution in [2.45, 2.75) is 13.3 Å². The predicted molar refractivity (Wildman–Crippen MR) is 53.4 cm³/mol. The van der Waals surface area contributed by atoms with Crippen LogP contribution in [0, 0.1) is 0 Å². The Morgan fingerprint density at radius 2 is 2.07 bits per heavy atom. The Kier molecular flexibility index (Phi) is 2.08. The van der Waals surface area contributed by atoms with Gasteiger partial charge in [-0.2, -0.15) is 0 Å². The summed E-state index contributed by atoms with van der Waals surface area (Å²) in [6.45, 7) is 2.03. The fourth-order valence-electron chi connectivity index (χ4n) is 1.74. The Morgan fingerprint density at radius 3 is 2.79 bits per heavy atom. The minimum atomic E-state index is -0.00931. The predicted octanol–water partition coefficient (Wildman–Crippen LogP) is 1.63. The molecule has 1 heterocycles. The van der Waals surface area contributed by atoms with Gasteiger partial charge in [0.1, 0.15) is 0 Å². The lowest BCUT2D eigenvalue weighted by atomic mass is 10.0. The van der Waals surface area contributed by atoms with Gasteiger partial charge < -0.3 is 4.90 Å². The van der Waals surface area contributed by atoms with Crippen molar-refractivity contribution in [3.05, 3.63) is 29.8 Å². The molecule has 14 heavy (non-hydrogen) atoms. The Morgan fingerprint density at radius 1 is 1.36 bits per heavy atom. The van der Waals surface area contributed by atoms with Gasteiger partial charge in [-0.05, 0) is 12.1 Å². The van der Waals surface area contributed by atoms with Crippen LogP contribution in [0.1, 0.15) is 23.7 Å². The van der Waals surface area contributed by atoms with Gasteiger partial charge >= 0.3 is 0 Å². The van der Waals surface area contributed by atoms with Gasteiger partial charge in [-0.3, -0.25) is 9.59 Å². The van der Waals surface area contributed by atoms with Crippen molar-refractivity contribution in [2.24, 2.45) is 0 Å². The van der Waals surface area contributed by atoms with Crippen molar-refractivity contribution in [3.63, 3.8) is 0 Å². The fourth-order valence-corrected chi connectivity index (χ4v) is 1.74. The van der Waals surface area contributed by atoms with E-state index in [9.17, 15) is 9.59 Å². The van der Waals surface area contributed by atoms with Gasteiger partial charge in [0.25, 0.3) is 0 Å². The zero-order valence-corrected chi connectivity index (χ0v) is 7.99. The third-order valence-electron chi connectivity index (χ3n) is 2.44. The van der Waals surface area contributed by atoms with Gasteiger partial charge in [0.05, 0.1) is 5.69 Å². The largest absolute Gasteiger partial charge is 0.311 e. The molecule has 0 bridgehead atoms. The van der Waals surface area contributed by atoms with E-state index < -0.39 is 0 Å². The van der Waals surface area contributed by atoms with Crippen LogP contribution < -0.4 is 4.90 Å². The lowest BCUT2D eigenvalue weighted by Crippen LogP contribution is -2.35.